The molecule has 0 aliphatic rings. The second-order valence-corrected chi connectivity index (χ2v) is 10.4. The van der Waals surface area contributed by atoms with E-state index in [-0.39, 0.29) is 6.61 Å². The molecule has 29 heavy (non-hydrogen) atoms. The molecule has 0 heterocycles. The summed E-state index contributed by atoms with van der Waals surface area (Å²) in [4.78, 5) is 2.19. The van der Waals surface area contributed by atoms with Gasteiger partial charge < -0.3 is 9.66 Å². The summed E-state index contributed by atoms with van der Waals surface area (Å²) in [5.41, 5.74) is 4.44. The van der Waals surface area contributed by atoms with E-state index in [0.29, 0.717) is 0 Å². The van der Waals surface area contributed by atoms with E-state index in [0.717, 1.165) is 33.8 Å². The van der Waals surface area contributed by atoms with Gasteiger partial charge in [0.1, 0.15) is 4.75 Å². The van der Waals surface area contributed by atoms with Crippen LogP contribution in [-0.2, 0) is 24.4 Å². The lowest BCUT2D eigenvalue weighted by Gasteiger charge is -2.24. The molecule has 0 fully saturated rings. The van der Waals surface area contributed by atoms with Crippen LogP contribution in [0.3, 0.4) is 0 Å². The minimum absolute atomic E-state index is 0.0137. The van der Waals surface area contributed by atoms with Crippen LogP contribution in [0.5, 0.6) is 0 Å². The summed E-state index contributed by atoms with van der Waals surface area (Å²) >= 11 is 0.281. The minimum atomic E-state index is -1.38. The highest BCUT2D eigenvalue weighted by molar-refractivity contribution is 7.99. The molecular formula is C24H27NO2S2. The van der Waals surface area contributed by atoms with Crippen LogP contribution in [0.4, 0.5) is 0 Å². The van der Waals surface area contributed by atoms with Gasteiger partial charge in [-0.1, -0.05) is 72.4 Å². The van der Waals surface area contributed by atoms with Crippen molar-refractivity contribution in [3.63, 3.8) is 0 Å². The summed E-state index contributed by atoms with van der Waals surface area (Å²) in [6.45, 7) is 3.90. The van der Waals surface area contributed by atoms with Gasteiger partial charge >= 0.3 is 0 Å². The molecule has 0 spiro atoms. The summed E-state index contributed by atoms with van der Waals surface area (Å²) in [6, 6.07) is 24.7. The predicted molar refractivity (Wildman–Crippen MR) is 123 cm³/mol. The Morgan fingerprint density at radius 1 is 0.897 bits per heavy atom. The lowest BCUT2D eigenvalue weighted by molar-refractivity contribution is 0.279. The van der Waals surface area contributed by atoms with Crippen LogP contribution in [0.1, 0.15) is 31.4 Å². The highest BCUT2D eigenvalue weighted by Crippen LogP contribution is 2.36. The summed E-state index contributed by atoms with van der Waals surface area (Å²) in [7, 11) is 0. The molecule has 0 aromatic heterocycles. The Balaban J connectivity index is 1.96. The topological polar surface area (TPSA) is 69.3 Å². The molecule has 1 atom stereocenters. The lowest BCUT2D eigenvalue weighted by atomic mass is 9.98. The Labute approximate surface area is 180 Å². The standard InChI is InChI=1S/C24H27NO2S2/c1-24(2,29(25)27)15-14-20-16-19(18-8-4-3-5-9-18)12-13-23(20)28-22-11-7-6-10-21(22)17-26/h3-13,16,26H,14-15,17,25H2,1-2H3. The summed E-state index contributed by atoms with van der Waals surface area (Å²) in [6.07, 6.45) is 1.50. The van der Waals surface area contributed by atoms with Crippen molar-refractivity contribution < 1.29 is 9.66 Å². The fraction of sp³-hybridized carbons (Fsp3) is 0.250. The number of hydrogen-bond acceptors (Lipinski definition) is 4. The van der Waals surface area contributed by atoms with Gasteiger partial charge in [-0.05, 0) is 54.7 Å². The monoisotopic (exact) mass is 425 g/mol. The zero-order valence-corrected chi connectivity index (χ0v) is 18.4. The molecular weight excluding hydrogens is 398 g/mol. The van der Waals surface area contributed by atoms with Crippen LogP contribution in [0.15, 0.2) is 82.6 Å². The number of rotatable bonds is 8. The van der Waals surface area contributed by atoms with Crippen LogP contribution < -0.4 is 5.14 Å². The van der Waals surface area contributed by atoms with Crippen molar-refractivity contribution >= 4 is 23.1 Å². The molecule has 0 bridgehead atoms. The smallest absolute Gasteiger partial charge is 0.139 e. The van der Waals surface area contributed by atoms with Gasteiger partial charge in [0, 0.05) is 27.6 Å². The summed E-state index contributed by atoms with van der Waals surface area (Å²) in [5, 5.41) is 15.4. The van der Waals surface area contributed by atoms with Crippen molar-refractivity contribution in [1.29, 1.82) is 0 Å². The second-order valence-electron chi connectivity index (χ2n) is 7.61. The lowest BCUT2D eigenvalue weighted by Crippen LogP contribution is -2.38. The fourth-order valence-electron chi connectivity index (χ4n) is 3.07. The van der Waals surface area contributed by atoms with Crippen LogP contribution in [0, 0.1) is 0 Å². The second kappa shape index (κ2) is 9.83. The molecule has 3 N–H and O–H groups in total. The average Bonchev–Trinajstić information content (AvgIpc) is 2.74. The van der Waals surface area contributed by atoms with Crippen LogP contribution in [0.25, 0.3) is 11.1 Å². The van der Waals surface area contributed by atoms with Crippen LogP contribution >= 0.6 is 11.8 Å². The van der Waals surface area contributed by atoms with E-state index in [2.05, 4.69) is 30.3 Å². The number of aryl methyl sites for hydroxylation is 1. The van der Waals surface area contributed by atoms with E-state index in [1.54, 1.807) is 11.8 Å². The zero-order valence-electron chi connectivity index (χ0n) is 16.8. The minimum Gasteiger partial charge on any atom is -0.598 e. The first-order valence-corrected chi connectivity index (χ1v) is 11.6. The molecule has 152 valence electrons. The predicted octanol–water partition coefficient (Wildman–Crippen LogP) is 5.33. The average molecular weight is 426 g/mol. The highest BCUT2D eigenvalue weighted by atomic mass is 32.2. The molecule has 0 aliphatic carbocycles. The van der Waals surface area contributed by atoms with Crippen molar-refractivity contribution in [2.45, 2.75) is 47.8 Å². The third-order valence-corrected chi connectivity index (χ3v) is 7.60. The van der Waals surface area contributed by atoms with Gasteiger partial charge in [0.25, 0.3) is 0 Å². The molecule has 0 saturated heterocycles. The van der Waals surface area contributed by atoms with Crippen molar-refractivity contribution in [2.24, 2.45) is 5.14 Å². The van der Waals surface area contributed by atoms with Crippen molar-refractivity contribution in [3.05, 3.63) is 83.9 Å². The van der Waals surface area contributed by atoms with Gasteiger partial charge in [0.2, 0.25) is 0 Å². The Hall–Kier alpha value is -1.76. The number of benzene rings is 3. The largest absolute Gasteiger partial charge is 0.598 e. The SMILES string of the molecule is CC(C)(CCc1cc(-c2ccccc2)ccc1Sc1ccccc1CO)[S+](N)[O-]. The normalized spacial score (nSPS) is 12.7. The molecule has 0 amide bonds. The molecule has 0 radical (unpaired) electrons. The first-order chi connectivity index (χ1) is 13.9. The molecule has 3 nitrogen and oxygen atoms in total. The van der Waals surface area contributed by atoms with Gasteiger partial charge in [-0.3, -0.25) is 0 Å². The number of nitrogens with two attached hydrogens (primary N) is 1. The number of aliphatic hydroxyl groups excluding tert-OH is 1. The van der Waals surface area contributed by atoms with Gasteiger partial charge in [0.15, 0.2) is 0 Å². The number of aliphatic hydroxyl groups is 1. The maximum atomic E-state index is 11.9. The quantitative estimate of drug-likeness (QED) is 0.479. The Kier molecular flexibility index (Phi) is 7.44. The number of hydrogen-bond donors (Lipinski definition) is 2. The summed E-state index contributed by atoms with van der Waals surface area (Å²) < 4.78 is 11.4. The van der Waals surface area contributed by atoms with Gasteiger partial charge in [-0.25, -0.2) is 0 Å². The highest BCUT2D eigenvalue weighted by Gasteiger charge is 2.29. The van der Waals surface area contributed by atoms with Crippen LogP contribution in [-0.4, -0.2) is 14.4 Å². The van der Waals surface area contributed by atoms with Crippen molar-refractivity contribution in [2.75, 3.05) is 0 Å². The van der Waals surface area contributed by atoms with E-state index in [1.165, 1.54) is 11.1 Å². The fourth-order valence-corrected chi connectivity index (χ4v) is 4.45. The Bertz CT molecular complexity index is 943. The molecule has 0 saturated carbocycles. The maximum absolute atomic E-state index is 11.9. The Morgan fingerprint density at radius 3 is 2.24 bits per heavy atom. The molecule has 3 aromatic rings. The van der Waals surface area contributed by atoms with Gasteiger partial charge in [-0.2, -0.15) is 5.14 Å². The van der Waals surface area contributed by atoms with Crippen molar-refractivity contribution in [1.82, 2.24) is 0 Å². The first kappa shape index (κ1) is 21.9. The first-order valence-electron chi connectivity index (χ1n) is 9.62. The molecule has 1 unspecified atom stereocenters. The molecule has 3 rings (SSSR count). The molecule has 0 aliphatic heterocycles. The van der Waals surface area contributed by atoms with E-state index >= 15 is 0 Å². The Morgan fingerprint density at radius 2 is 1.55 bits per heavy atom. The summed E-state index contributed by atoms with van der Waals surface area (Å²) in [5.74, 6) is 0. The maximum Gasteiger partial charge on any atom is 0.139 e. The van der Waals surface area contributed by atoms with Crippen molar-refractivity contribution in [3.8, 4) is 11.1 Å². The zero-order chi connectivity index (χ0) is 20.9. The third kappa shape index (κ3) is 5.65. The third-order valence-electron chi connectivity index (χ3n) is 5.07. The van der Waals surface area contributed by atoms with Crippen LogP contribution in [0.2, 0.25) is 0 Å². The van der Waals surface area contributed by atoms with E-state index in [4.69, 9.17) is 5.14 Å². The van der Waals surface area contributed by atoms with E-state index in [9.17, 15) is 9.66 Å². The van der Waals surface area contributed by atoms with Gasteiger partial charge in [0.05, 0.1) is 6.61 Å². The van der Waals surface area contributed by atoms with Gasteiger partial charge in [-0.15, -0.1) is 0 Å². The molecule has 5 heteroatoms. The van der Waals surface area contributed by atoms with E-state index in [1.807, 2.05) is 56.3 Å². The molecule has 3 aromatic carbocycles. The van der Waals surface area contributed by atoms with E-state index < -0.39 is 16.1 Å².